The highest BCUT2D eigenvalue weighted by Crippen LogP contribution is 1.86. The molecule has 0 saturated carbocycles. The van der Waals surface area contributed by atoms with Crippen LogP contribution in [0.3, 0.4) is 0 Å². The lowest BCUT2D eigenvalue weighted by atomic mass is 10.4. The summed E-state index contributed by atoms with van der Waals surface area (Å²) in [5.74, 6) is 0.944. The number of nitrogens with zero attached hydrogens (tertiary/aromatic N) is 2. The Kier molecular flexibility index (Phi) is 14.2. The average Bonchev–Trinajstić information content (AvgIpc) is 2.08. The van der Waals surface area contributed by atoms with E-state index in [1.165, 1.54) is 0 Å². The molecular weight excluding hydrogens is 136 g/mol. The molecule has 0 N–H and O–H groups in total. The van der Waals surface area contributed by atoms with Gasteiger partial charge in [0.15, 0.2) is 0 Å². The van der Waals surface area contributed by atoms with Crippen LogP contribution in [0.1, 0.15) is 41.0 Å². The summed E-state index contributed by atoms with van der Waals surface area (Å²) in [5, 5.41) is 0. The van der Waals surface area contributed by atoms with Gasteiger partial charge in [-0.1, -0.05) is 20.8 Å². The number of hydrogen-bond acceptors (Lipinski definition) is 1. The first kappa shape index (κ1) is 13.0. The molecule has 0 atom stereocenters. The monoisotopic (exact) mass is 156 g/mol. The summed E-state index contributed by atoms with van der Waals surface area (Å²) in [7, 11) is 0. The third-order valence-corrected chi connectivity index (χ3v) is 0.935. The Bertz CT molecular complexity index is 115. The molecule has 0 aromatic heterocycles. The summed E-state index contributed by atoms with van der Waals surface area (Å²) in [6, 6.07) is 0. The largest absolute Gasteiger partial charge is 0.271 e. The Morgan fingerprint density at radius 3 is 2.09 bits per heavy atom. The summed E-state index contributed by atoms with van der Waals surface area (Å²) >= 11 is 0. The minimum Gasteiger partial charge on any atom is -0.271 e. The Morgan fingerprint density at radius 1 is 1.27 bits per heavy atom. The molecule has 66 valence electrons. The maximum Gasteiger partial charge on any atom is 0.122 e. The molecule has 0 aliphatic carbocycles. The molecular formula is C9H20N2. The van der Waals surface area contributed by atoms with Crippen molar-refractivity contribution in [3.63, 3.8) is 0 Å². The highest BCUT2D eigenvalue weighted by molar-refractivity contribution is 5.88. The Labute approximate surface area is 70.5 Å². The van der Waals surface area contributed by atoms with Crippen LogP contribution in [0.25, 0.3) is 0 Å². The third-order valence-electron chi connectivity index (χ3n) is 0.935. The predicted molar refractivity (Wildman–Crippen MR) is 53.8 cm³/mol. The molecule has 0 bridgehead atoms. The van der Waals surface area contributed by atoms with Crippen molar-refractivity contribution in [2.24, 2.45) is 9.98 Å². The van der Waals surface area contributed by atoms with Crippen molar-refractivity contribution in [2.75, 3.05) is 6.54 Å². The lowest BCUT2D eigenvalue weighted by Gasteiger charge is -1.91. The molecule has 0 aromatic rings. The summed E-state index contributed by atoms with van der Waals surface area (Å²) in [6.07, 6.45) is 2.70. The Morgan fingerprint density at radius 2 is 1.82 bits per heavy atom. The molecule has 2 heteroatoms. The number of hydrogen-bond donors (Lipinski definition) is 0. The molecule has 0 spiro atoms. The Hall–Kier alpha value is -0.660. The molecule has 0 aromatic carbocycles. The van der Waals surface area contributed by atoms with Crippen LogP contribution in [0, 0.1) is 0 Å². The highest BCUT2D eigenvalue weighted by Gasteiger charge is 1.85. The van der Waals surface area contributed by atoms with Gasteiger partial charge in [0.25, 0.3) is 0 Å². The summed E-state index contributed by atoms with van der Waals surface area (Å²) < 4.78 is 0. The minimum absolute atomic E-state index is 0.834. The van der Waals surface area contributed by atoms with Gasteiger partial charge in [-0.05, 0) is 13.8 Å². The van der Waals surface area contributed by atoms with E-state index in [-0.39, 0.29) is 0 Å². The quantitative estimate of drug-likeness (QED) is 0.434. The molecule has 0 unspecified atom stereocenters. The molecule has 0 fully saturated rings. The van der Waals surface area contributed by atoms with E-state index in [4.69, 9.17) is 0 Å². The van der Waals surface area contributed by atoms with Crippen molar-refractivity contribution in [3.05, 3.63) is 0 Å². The van der Waals surface area contributed by atoms with Gasteiger partial charge in [-0.25, -0.2) is 4.99 Å². The molecule has 0 aliphatic heterocycles. The number of aliphatic imine (C=N–C) groups is 2. The van der Waals surface area contributed by atoms with Gasteiger partial charge >= 0.3 is 0 Å². The van der Waals surface area contributed by atoms with Crippen molar-refractivity contribution < 1.29 is 0 Å². The van der Waals surface area contributed by atoms with E-state index >= 15 is 0 Å². The van der Waals surface area contributed by atoms with Gasteiger partial charge in [0, 0.05) is 19.2 Å². The van der Waals surface area contributed by atoms with Crippen LogP contribution in [-0.2, 0) is 0 Å². The van der Waals surface area contributed by atoms with E-state index in [0.717, 1.165) is 18.8 Å². The Balaban J connectivity index is 0. The van der Waals surface area contributed by atoms with Crippen LogP contribution in [0.15, 0.2) is 9.98 Å². The van der Waals surface area contributed by atoms with Crippen molar-refractivity contribution >= 4 is 12.1 Å². The van der Waals surface area contributed by atoms with Crippen LogP contribution in [0.2, 0.25) is 0 Å². The third kappa shape index (κ3) is 9.34. The van der Waals surface area contributed by atoms with Crippen molar-refractivity contribution in [1.82, 2.24) is 0 Å². The van der Waals surface area contributed by atoms with Gasteiger partial charge in [0.05, 0.1) is 0 Å². The standard InChI is InChI=1S/C7H14N2.C2H6/c1-4-7(8-5-2)9-6-3;1-2/h5H,4,6H2,1-3H3;1-2H3. The fourth-order valence-corrected chi connectivity index (χ4v) is 0.575. The first-order chi connectivity index (χ1) is 5.35. The van der Waals surface area contributed by atoms with Gasteiger partial charge in [0.1, 0.15) is 5.84 Å². The maximum atomic E-state index is 4.15. The normalized spacial score (nSPS) is 11.2. The van der Waals surface area contributed by atoms with E-state index in [1.807, 2.05) is 27.7 Å². The molecule has 11 heavy (non-hydrogen) atoms. The van der Waals surface area contributed by atoms with Crippen LogP contribution < -0.4 is 0 Å². The van der Waals surface area contributed by atoms with Crippen molar-refractivity contribution in [1.29, 1.82) is 0 Å². The molecule has 0 amide bonds. The lowest BCUT2D eigenvalue weighted by molar-refractivity contribution is 1.09. The minimum atomic E-state index is 0.834. The van der Waals surface area contributed by atoms with Crippen LogP contribution in [-0.4, -0.2) is 18.6 Å². The van der Waals surface area contributed by atoms with E-state index in [2.05, 4.69) is 16.9 Å². The first-order valence-electron chi connectivity index (χ1n) is 4.37. The topological polar surface area (TPSA) is 24.7 Å². The van der Waals surface area contributed by atoms with Gasteiger partial charge in [-0.15, -0.1) is 0 Å². The maximum absolute atomic E-state index is 4.15. The summed E-state index contributed by atoms with van der Waals surface area (Å²) in [4.78, 5) is 8.21. The second-order valence-electron chi connectivity index (χ2n) is 1.63. The smallest absolute Gasteiger partial charge is 0.122 e. The molecule has 0 heterocycles. The average molecular weight is 156 g/mol. The second kappa shape index (κ2) is 12.1. The molecule has 2 nitrogen and oxygen atoms in total. The predicted octanol–water partition coefficient (Wildman–Crippen LogP) is 2.93. The molecule has 0 rings (SSSR count). The van der Waals surface area contributed by atoms with Crippen molar-refractivity contribution in [2.45, 2.75) is 41.0 Å². The number of rotatable bonds is 2. The van der Waals surface area contributed by atoms with Gasteiger partial charge in [0.2, 0.25) is 0 Å². The summed E-state index contributed by atoms with van der Waals surface area (Å²) in [6.45, 7) is 10.8. The van der Waals surface area contributed by atoms with Crippen LogP contribution in [0.4, 0.5) is 0 Å². The molecule has 0 saturated heterocycles. The van der Waals surface area contributed by atoms with Crippen molar-refractivity contribution in [3.8, 4) is 0 Å². The van der Waals surface area contributed by atoms with Gasteiger partial charge in [-0.3, -0.25) is 4.99 Å². The van der Waals surface area contributed by atoms with E-state index < -0.39 is 0 Å². The second-order valence-corrected chi connectivity index (χ2v) is 1.63. The SMILES string of the molecule is CC.CC=NC(CC)=NCC. The molecule has 0 aliphatic rings. The lowest BCUT2D eigenvalue weighted by Crippen LogP contribution is -1.91. The first-order valence-corrected chi connectivity index (χ1v) is 4.37. The van der Waals surface area contributed by atoms with Gasteiger partial charge in [-0.2, -0.15) is 0 Å². The van der Waals surface area contributed by atoms with E-state index in [0.29, 0.717) is 0 Å². The van der Waals surface area contributed by atoms with Crippen LogP contribution in [0.5, 0.6) is 0 Å². The van der Waals surface area contributed by atoms with Gasteiger partial charge < -0.3 is 0 Å². The number of amidine groups is 1. The zero-order valence-electron chi connectivity index (χ0n) is 8.39. The fraction of sp³-hybridized carbons (Fsp3) is 0.778. The van der Waals surface area contributed by atoms with Crippen LogP contribution >= 0.6 is 0 Å². The van der Waals surface area contributed by atoms with E-state index in [1.54, 1.807) is 6.21 Å². The highest BCUT2D eigenvalue weighted by atomic mass is 14.9. The zero-order chi connectivity index (χ0) is 9.11. The van der Waals surface area contributed by atoms with E-state index in [9.17, 15) is 0 Å². The molecule has 0 radical (unpaired) electrons. The fourth-order valence-electron chi connectivity index (χ4n) is 0.575. The summed E-state index contributed by atoms with van der Waals surface area (Å²) in [5.41, 5.74) is 0. The zero-order valence-corrected chi connectivity index (χ0v) is 8.39.